The molecule has 8 nitrogen and oxygen atoms in total. The smallest absolute Gasteiger partial charge is 0.263 e. The molecule has 0 spiro atoms. The number of rotatable bonds is 6. The van der Waals surface area contributed by atoms with Crippen LogP contribution in [-0.2, 0) is 21.2 Å². The van der Waals surface area contributed by atoms with E-state index in [4.69, 9.17) is 0 Å². The van der Waals surface area contributed by atoms with Gasteiger partial charge in [0.2, 0.25) is 5.91 Å². The van der Waals surface area contributed by atoms with Crippen molar-refractivity contribution in [2.45, 2.75) is 11.3 Å². The fourth-order valence-electron chi connectivity index (χ4n) is 3.16. The lowest BCUT2D eigenvalue weighted by Crippen LogP contribution is -2.42. The number of carbonyl (C=O) groups is 2. The number of benzene rings is 2. The summed E-state index contributed by atoms with van der Waals surface area (Å²) in [6.07, 6.45) is 2.21. The standard InChI is InChI=1S/C20H18N4O4S2/c25-18(13-24-11-9-14-3-1-2-4-17(14)19(24)26)22-15-5-7-16(8-6-15)30(27,28)23-20-21-10-12-29-20/h1-8,10,12H,9,11,13H2,(H,21,23)(H,22,25). The van der Waals surface area contributed by atoms with Crippen molar-refractivity contribution in [3.8, 4) is 0 Å². The molecule has 0 bridgehead atoms. The topological polar surface area (TPSA) is 108 Å². The molecule has 4 rings (SSSR count). The van der Waals surface area contributed by atoms with E-state index in [1.54, 1.807) is 17.5 Å². The van der Waals surface area contributed by atoms with Crippen LogP contribution in [0.3, 0.4) is 0 Å². The second-order valence-corrected chi connectivity index (χ2v) is 9.23. The van der Waals surface area contributed by atoms with E-state index in [-0.39, 0.29) is 28.4 Å². The summed E-state index contributed by atoms with van der Waals surface area (Å²) >= 11 is 1.18. The largest absolute Gasteiger partial charge is 0.329 e. The van der Waals surface area contributed by atoms with Crippen LogP contribution in [0.4, 0.5) is 10.8 Å². The summed E-state index contributed by atoms with van der Waals surface area (Å²) < 4.78 is 27.1. The van der Waals surface area contributed by atoms with Crippen molar-refractivity contribution in [3.63, 3.8) is 0 Å². The Morgan fingerprint density at radius 1 is 1.13 bits per heavy atom. The Morgan fingerprint density at radius 3 is 2.63 bits per heavy atom. The maximum absolute atomic E-state index is 12.6. The third kappa shape index (κ3) is 4.34. The second-order valence-electron chi connectivity index (χ2n) is 6.65. The number of hydrogen-bond acceptors (Lipinski definition) is 6. The Bertz CT molecular complexity index is 1180. The minimum absolute atomic E-state index is 0.0542. The van der Waals surface area contributed by atoms with Gasteiger partial charge >= 0.3 is 0 Å². The van der Waals surface area contributed by atoms with Gasteiger partial charge in [-0.05, 0) is 42.3 Å². The first-order valence-corrected chi connectivity index (χ1v) is 11.5. The van der Waals surface area contributed by atoms with Crippen molar-refractivity contribution in [1.29, 1.82) is 0 Å². The molecule has 10 heteroatoms. The van der Waals surface area contributed by atoms with E-state index in [1.165, 1.54) is 46.7 Å². The maximum Gasteiger partial charge on any atom is 0.263 e. The quantitative estimate of drug-likeness (QED) is 0.610. The van der Waals surface area contributed by atoms with Gasteiger partial charge in [-0.1, -0.05) is 18.2 Å². The van der Waals surface area contributed by atoms with Gasteiger partial charge in [-0.3, -0.25) is 14.3 Å². The highest BCUT2D eigenvalue weighted by atomic mass is 32.2. The fourth-order valence-corrected chi connectivity index (χ4v) is 4.95. The molecule has 0 fully saturated rings. The first-order chi connectivity index (χ1) is 14.4. The summed E-state index contributed by atoms with van der Waals surface area (Å²) in [7, 11) is -3.75. The van der Waals surface area contributed by atoms with Crippen molar-refractivity contribution < 1.29 is 18.0 Å². The van der Waals surface area contributed by atoms with Crippen LogP contribution < -0.4 is 10.0 Å². The molecule has 2 heterocycles. The Balaban J connectivity index is 1.38. The van der Waals surface area contributed by atoms with Gasteiger partial charge in [-0.2, -0.15) is 0 Å². The zero-order chi connectivity index (χ0) is 21.1. The number of anilines is 2. The van der Waals surface area contributed by atoms with Gasteiger partial charge in [0.15, 0.2) is 5.13 Å². The Morgan fingerprint density at radius 2 is 1.90 bits per heavy atom. The number of aromatic nitrogens is 1. The van der Waals surface area contributed by atoms with Gasteiger partial charge in [0, 0.05) is 29.4 Å². The molecule has 30 heavy (non-hydrogen) atoms. The molecule has 0 unspecified atom stereocenters. The molecule has 154 valence electrons. The summed E-state index contributed by atoms with van der Waals surface area (Å²) in [5.41, 5.74) is 2.05. The molecule has 0 saturated carbocycles. The van der Waals surface area contributed by atoms with Crippen LogP contribution in [0.25, 0.3) is 0 Å². The second kappa shape index (κ2) is 8.25. The number of hydrogen-bond donors (Lipinski definition) is 2. The van der Waals surface area contributed by atoms with Crippen molar-refractivity contribution in [3.05, 3.63) is 71.2 Å². The fraction of sp³-hybridized carbons (Fsp3) is 0.150. The molecule has 1 aliphatic rings. The highest BCUT2D eigenvalue weighted by molar-refractivity contribution is 7.93. The molecule has 0 aliphatic carbocycles. The SMILES string of the molecule is O=C(CN1CCc2ccccc2C1=O)Nc1ccc(S(=O)(=O)Nc2nccs2)cc1. The zero-order valence-corrected chi connectivity index (χ0v) is 17.4. The van der Waals surface area contributed by atoms with Gasteiger partial charge in [0.1, 0.15) is 6.54 Å². The average molecular weight is 443 g/mol. The van der Waals surface area contributed by atoms with E-state index in [1.807, 2.05) is 12.1 Å². The lowest BCUT2D eigenvalue weighted by atomic mass is 9.99. The van der Waals surface area contributed by atoms with Crippen LogP contribution >= 0.6 is 11.3 Å². The molecule has 2 aromatic carbocycles. The van der Waals surface area contributed by atoms with Crippen molar-refractivity contribution in [1.82, 2.24) is 9.88 Å². The first-order valence-electron chi connectivity index (χ1n) is 9.12. The lowest BCUT2D eigenvalue weighted by Gasteiger charge is -2.28. The summed E-state index contributed by atoms with van der Waals surface area (Å²) in [4.78, 5) is 30.4. The zero-order valence-electron chi connectivity index (χ0n) is 15.7. The molecule has 2 amide bonds. The first kappa shape index (κ1) is 20.0. The van der Waals surface area contributed by atoms with Gasteiger partial charge in [-0.25, -0.2) is 13.4 Å². The predicted octanol–water partition coefficient (Wildman–Crippen LogP) is 2.58. The monoisotopic (exact) mass is 442 g/mol. The van der Waals surface area contributed by atoms with Crippen LogP contribution in [0.5, 0.6) is 0 Å². The number of amides is 2. The molecule has 0 radical (unpaired) electrons. The molecule has 0 atom stereocenters. The summed E-state index contributed by atoms with van der Waals surface area (Å²) in [5, 5.41) is 4.65. The minimum Gasteiger partial charge on any atom is -0.329 e. The van der Waals surface area contributed by atoms with Crippen LogP contribution in [0, 0.1) is 0 Å². The highest BCUT2D eigenvalue weighted by Crippen LogP contribution is 2.21. The van der Waals surface area contributed by atoms with E-state index in [0.29, 0.717) is 24.2 Å². The van der Waals surface area contributed by atoms with Gasteiger partial charge in [0.05, 0.1) is 4.90 Å². The number of thiazole rings is 1. The summed E-state index contributed by atoms with van der Waals surface area (Å²) in [6.45, 7) is 0.404. The van der Waals surface area contributed by atoms with E-state index in [2.05, 4.69) is 15.0 Å². The van der Waals surface area contributed by atoms with Gasteiger partial charge in [-0.15, -0.1) is 11.3 Å². The lowest BCUT2D eigenvalue weighted by molar-refractivity contribution is -0.116. The van der Waals surface area contributed by atoms with E-state index in [0.717, 1.165) is 5.56 Å². The third-order valence-corrected chi connectivity index (χ3v) is 6.80. The number of nitrogens with one attached hydrogen (secondary N) is 2. The molecule has 2 N–H and O–H groups in total. The normalized spacial score (nSPS) is 13.6. The molecule has 0 saturated heterocycles. The average Bonchev–Trinajstić information content (AvgIpc) is 3.23. The van der Waals surface area contributed by atoms with E-state index in [9.17, 15) is 18.0 Å². The van der Waals surface area contributed by atoms with E-state index < -0.39 is 10.0 Å². The third-order valence-electron chi connectivity index (χ3n) is 4.62. The number of nitrogens with zero attached hydrogens (tertiary/aromatic N) is 2. The summed E-state index contributed by atoms with van der Waals surface area (Å²) in [5.74, 6) is -0.513. The van der Waals surface area contributed by atoms with Crippen LogP contribution in [0.2, 0.25) is 0 Å². The van der Waals surface area contributed by atoms with Gasteiger partial charge in [0.25, 0.3) is 15.9 Å². The van der Waals surface area contributed by atoms with Crippen molar-refractivity contribution >= 4 is 44.0 Å². The van der Waals surface area contributed by atoms with Crippen LogP contribution in [0.15, 0.2) is 65.0 Å². The molecule has 3 aromatic rings. The molecular weight excluding hydrogens is 424 g/mol. The Hall–Kier alpha value is -3.24. The van der Waals surface area contributed by atoms with Crippen LogP contribution in [-0.4, -0.2) is 43.2 Å². The van der Waals surface area contributed by atoms with Gasteiger partial charge < -0.3 is 10.2 Å². The minimum atomic E-state index is -3.75. The van der Waals surface area contributed by atoms with Crippen molar-refractivity contribution in [2.24, 2.45) is 0 Å². The molecule has 1 aliphatic heterocycles. The highest BCUT2D eigenvalue weighted by Gasteiger charge is 2.25. The number of sulfonamides is 1. The number of carbonyl (C=O) groups excluding carboxylic acids is 2. The Labute approximate surface area is 177 Å². The number of fused-ring (bicyclic) bond motifs is 1. The maximum atomic E-state index is 12.6. The molecule has 1 aromatic heterocycles. The molecular formula is C20H18N4O4S2. The Kier molecular flexibility index (Phi) is 5.51. The van der Waals surface area contributed by atoms with Crippen molar-refractivity contribution in [2.75, 3.05) is 23.1 Å². The predicted molar refractivity (Wildman–Crippen MR) is 114 cm³/mol. The van der Waals surface area contributed by atoms with E-state index >= 15 is 0 Å². The summed E-state index contributed by atoms with van der Waals surface area (Å²) in [6, 6.07) is 13.2. The van der Waals surface area contributed by atoms with Crippen LogP contribution in [0.1, 0.15) is 15.9 Å².